The summed E-state index contributed by atoms with van der Waals surface area (Å²) in [6.07, 6.45) is 0.931. The average Bonchev–Trinajstić information content (AvgIpc) is 1.81. The van der Waals surface area contributed by atoms with E-state index in [9.17, 15) is 0 Å². The molecule has 0 N–H and O–H groups in total. The van der Waals surface area contributed by atoms with E-state index >= 15 is 0 Å². The molecule has 10 heavy (non-hydrogen) atoms. The normalized spacial score (nSPS) is 11.7. The molecule has 0 fully saturated rings. The van der Waals surface area contributed by atoms with Gasteiger partial charge in [0.05, 0.1) is 0 Å². The number of hydrogen-bond acceptors (Lipinski definition) is 2. The first-order valence-corrected chi connectivity index (χ1v) is 3.55. The summed E-state index contributed by atoms with van der Waals surface area (Å²) in [5.74, 6) is 0. The highest BCUT2D eigenvalue weighted by Crippen LogP contribution is 2.21. The molecule has 0 radical (unpaired) electrons. The fraction of sp³-hybridized carbons (Fsp3) is 1.00. The van der Waals surface area contributed by atoms with Crippen LogP contribution in [0.4, 0.5) is 0 Å². The third-order valence-electron chi connectivity index (χ3n) is 1.30. The maximum absolute atomic E-state index is 5.05. The Balaban J connectivity index is 3.63. The van der Waals surface area contributed by atoms with Crippen molar-refractivity contribution in [1.82, 2.24) is 0 Å². The second-order valence-corrected chi connectivity index (χ2v) is 3.67. The first-order valence-electron chi connectivity index (χ1n) is 3.55. The lowest BCUT2D eigenvalue weighted by atomic mass is 9.71. The molecule has 0 aliphatic rings. The van der Waals surface area contributed by atoms with Crippen LogP contribution in [0, 0.1) is 5.41 Å². The van der Waals surface area contributed by atoms with Gasteiger partial charge in [-0.1, -0.05) is 20.8 Å². The van der Waals surface area contributed by atoms with Gasteiger partial charge in [0, 0.05) is 14.2 Å². The predicted molar refractivity (Wildman–Crippen MR) is 44.0 cm³/mol. The summed E-state index contributed by atoms with van der Waals surface area (Å²) in [6, 6.07) is 0. The van der Waals surface area contributed by atoms with Gasteiger partial charge in [0.2, 0.25) is 0 Å². The largest absolute Gasteiger partial charge is 0.456 e. The van der Waals surface area contributed by atoms with Crippen LogP contribution in [0.5, 0.6) is 0 Å². The molecule has 0 saturated heterocycles. The topological polar surface area (TPSA) is 18.5 Å². The van der Waals surface area contributed by atoms with Crippen molar-refractivity contribution in [3.05, 3.63) is 0 Å². The van der Waals surface area contributed by atoms with Gasteiger partial charge in [-0.15, -0.1) is 0 Å². The Morgan fingerprint density at radius 2 is 1.50 bits per heavy atom. The monoisotopic (exact) mass is 144 g/mol. The van der Waals surface area contributed by atoms with Crippen molar-refractivity contribution in [2.75, 3.05) is 14.2 Å². The molecule has 0 bridgehead atoms. The number of hydrogen-bond donors (Lipinski definition) is 0. The maximum Gasteiger partial charge on any atom is 0.456 e. The van der Waals surface area contributed by atoms with Crippen molar-refractivity contribution in [3.63, 3.8) is 0 Å². The Bertz CT molecular complexity index is 84.1. The van der Waals surface area contributed by atoms with Gasteiger partial charge in [0.25, 0.3) is 0 Å². The molecular formula is C7H17BO2. The zero-order valence-corrected chi connectivity index (χ0v) is 7.60. The van der Waals surface area contributed by atoms with Gasteiger partial charge >= 0.3 is 7.12 Å². The molecule has 0 aliphatic heterocycles. The highest BCUT2D eigenvalue weighted by atomic mass is 16.6. The molecule has 0 aliphatic carbocycles. The van der Waals surface area contributed by atoms with Crippen LogP contribution in [0.15, 0.2) is 0 Å². The van der Waals surface area contributed by atoms with Crippen LogP contribution in [0.2, 0.25) is 6.32 Å². The molecule has 3 heteroatoms. The van der Waals surface area contributed by atoms with E-state index in [4.69, 9.17) is 9.31 Å². The van der Waals surface area contributed by atoms with E-state index in [2.05, 4.69) is 20.8 Å². The van der Waals surface area contributed by atoms with Crippen molar-refractivity contribution < 1.29 is 9.31 Å². The van der Waals surface area contributed by atoms with Gasteiger partial charge in [-0.2, -0.15) is 0 Å². The molecule has 0 aromatic heterocycles. The van der Waals surface area contributed by atoms with Gasteiger partial charge in [0.1, 0.15) is 0 Å². The molecule has 0 rings (SSSR count). The molecule has 0 atom stereocenters. The highest BCUT2D eigenvalue weighted by molar-refractivity contribution is 6.44. The molecule has 0 amide bonds. The second kappa shape index (κ2) is 3.99. The van der Waals surface area contributed by atoms with Gasteiger partial charge in [-0.25, -0.2) is 0 Å². The van der Waals surface area contributed by atoms with Gasteiger partial charge in [-0.05, 0) is 11.7 Å². The van der Waals surface area contributed by atoms with Crippen LogP contribution < -0.4 is 0 Å². The summed E-state index contributed by atoms with van der Waals surface area (Å²) in [5.41, 5.74) is 0.274. The van der Waals surface area contributed by atoms with Crippen molar-refractivity contribution >= 4 is 7.12 Å². The summed E-state index contributed by atoms with van der Waals surface area (Å²) in [5, 5.41) is 0. The lowest BCUT2D eigenvalue weighted by Crippen LogP contribution is -2.25. The van der Waals surface area contributed by atoms with Crippen molar-refractivity contribution in [1.29, 1.82) is 0 Å². The van der Waals surface area contributed by atoms with E-state index in [-0.39, 0.29) is 12.5 Å². The van der Waals surface area contributed by atoms with Crippen LogP contribution in [-0.4, -0.2) is 21.3 Å². The second-order valence-electron chi connectivity index (χ2n) is 3.67. The first kappa shape index (κ1) is 9.98. The molecule has 0 aromatic rings. The van der Waals surface area contributed by atoms with Crippen molar-refractivity contribution in [3.8, 4) is 0 Å². The van der Waals surface area contributed by atoms with E-state index < -0.39 is 0 Å². The fourth-order valence-corrected chi connectivity index (χ4v) is 0.763. The zero-order valence-electron chi connectivity index (χ0n) is 7.60. The van der Waals surface area contributed by atoms with E-state index in [1.807, 2.05) is 0 Å². The summed E-state index contributed by atoms with van der Waals surface area (Å²) in [4.78, 5) is 0. The Hall–Kier alpha value is -0.0151. The molecule has 0 heterocycles. The smallest absolute Gasteiger partial charge is 0.414 e. The predicted octanol–water partition coefficient (Wildman–Crippen LogP) is 1.81. The molecule has 0 unspecified atom stereocenters. The minimum absolute atomic E-state index is 0.0556. The Labute approximate surface area is 64.0 Å². The Morgan fingerprint density at radius 1 is 1.10 bits per heavy atom. The van der Waals surface area contributed by atoms with E-state index in [0.717, 1.165) is 6.32 Å². The summed E-state index contributed by atoms with van der Waals surface area (Å²) < 4.78 is 10.1. The van der Waals surface area contributed by atoms with Crippen molar-refractivity contribution in [2.24, 2.45) is 5.41 Å². The molecular weight excluding hydrogens is 127 g/mol. The molecule has 0 spiro atoms. The fourth-order valence-electron chi connectivity index (χ4n) is 0.763. The van der Waals surface area contributed by atoms with Crippen LogP contribution in [0.1, 0.15) is 20.8 Å². The third-order valence-corrected chi connectivity index (χ3v) is 1.30. The highest BCUT2D eigenvalue weighted by Gasteiger charge is 2.23. The van der Waals surface area contributed by atoms with Crippen LogP contribution >= 0.6 is 0 Å². The lowest BCUT2D eigenvalue weighted by molar-refractivity contribution is 0.259. The van der Waals surface area contributed by atoms with Crippen LogP contribution in [0.25, 0.3) is 0 Å². The van der Waals surface area contributed by atoms with Crippen LogP contribution in [-0.2, 0) is 9.31 Å². The number of rotatable bonds is 3. The Kier molecular flexibility index (Phi) is 3.98. The third kappa shape index (κ3) is 4.83. The van der Waals surface area contributed by atoms with Crippen molar-refractivity contribution in [2.45, 2.75) is 27.1 Å². The van der Waals surface area contributed by atoms with E-state index in [1.165, 1.54) is 0 Å². The quantitative estimate of drug-likeness (QED) is 0.562. The Morgan fingerprint density at radius 3 is 1.60 bits per heavy atom. The SMILES string of the molecule is COB(CC(C)(C)C)OC. The summed E-state index contributed by atoms with van der Waals surface area (Å²) in [7, 11) is 3.28. The van der Waals surface area contributed by atoms with E-state index in [0.29, 0.717) is 0 Å². The molecule has 0 aromatic carbocycles. The molecule has 60 valence electrons. The minimum atomic E-state index is -0.0556. The lowest BCUT2D eigenvalue weighted by Gasteiger charge is -2.20. The van der Waals surface area contributed by atoms with Crippen LogP contribution in [0.3, 0.4) is 0 Å². The summed E-state index contributed by atoms with van der Waals surface area (Å²) >= 11 is 0. The van der Waals surface area contributed by atoms with Gasteiger partial charge in [0.15, 0.2) is 0 Å². The summed E-state index contributed by atoms with van der Waals surface area (Å²) in [6.45, 7) is 6.49. The molecule has 0 saturated carbocycles. The van der Waals surface area contributed by atoms with Gasteiger partial charge in [-0.3, -0.25) is 0 Å². The molecule has 2 nitrogen and oxygen atoms in total. The zero-order chi connectivity index (χ0) is 8.20. The standard InChI is InChI=1S/C7H17BO2/c1-7(2,3)6-8(9-4)10-5/h6H2,1-5H3. The minimum Gasteiger partial charge on any atom is -0.414 e. The van der Waals surface area contributed by atoms with E-state index in [1.54, 1.807) is 14.2 Å². The van der Waals surface area contributed by atoms with Gasteiger partial charge < -0.3 is 9.31 Å². The maximum atomic E-state index is 5.05. The average molecular weight is 144 g/mol. The first-order chi connectivity index (χ1) is 4.49.